The second-order valence-electron chi connectivity index (χ2n) is 8.37. The Morgan fingerprint density at radius 1 is 1.21 bits per heavy atom. The predicted octanol–water partition coefficient (Wildman–Crippen LogP) is 3.66. The first kappa shape index (κ1) is 20.6. The van der Waals surface area contributed by atoms with E-state index in [0.717, 1.165) is 22.0 Å². The van der Waals surface area contributed by atoms with E-state index in [4.69, 9.17) is 0 Å². The summed E-state index contributed by atoms with van der Waals surface area (Å²) in [6.07, 6.45) is 5.05. The van der Waals surface area contributed by atoms with Gasteiger partial charge in [0.25, 0.3) is 11.5 Å². The van der Waals surface area contributed by atoms with Crippen molar-refractivity contribution >= 4 is 28.1 Å². The van der Waals surface area contributed by atoms with Gasteiger partial charge in [0.05, 0.1) is 23.6 Å². The lowest BCUT2D eigenvalue weighted by molar-refractivity contribution is 0.102. The van der Waals surface area contributed by atoms with Gasteiger partial charge in [0.15, 0.2) is 5.69 Å². The van der Waals surface area contributed by atoms with Gasteiger partial charge < -0.3 is 10.3 Å². The summed E-state index contributed by atoms with van der Waals surface area (Å²) in [6.45, 7) is 5.89. The second-order valence-corrected chi connectivity index (χ2v) is 8.37. The number of rotatable bonds is 4. The Hall–Kier alpha value is -4.27. The number of aryl methyl sites for hydroxylation is 2. The summed E-state index contributed by atoms with van der Waals surface area (Å²) in [6, 6.07) is 9.64. The van der Waals surface area contributed by atoms with Crippen LogP contribution in [-0.2, 0) is 7.05 Å². The van der Waals surface area contributed by atoms with Gasteiger partial charge in [-0.25, -0.2) is 4.52 Å². The normalized spacial score (nSPS) is 11.5. The Balaban J connectivity index is 1.65. The minimum absolute atomic E-state index is 0.0910. The lowest BCUT2D eigenvalue weighted by Gasteiger charge is -2.08. The van der Waals surface area contributed by atoms with E-state index in [9.17, 15) is 9.59 Å². The Kier molecular flexibility index (Phi) is 4.81. The van der Waals surface area contributed by atoms with Gasteiger partial charge in [-0.15, -0.1) is 0 Å². The van der Waals surface area contributed by atoms with Crippen molar-refractivity contribution < 1.29 is 4.79 Å². The summed E-state index contributed by atoms with van der Waals surface area (Å²) in [5.74, 6) is 0.0561. The molecule has 0 fully saturated rings. The summed E-state index contributed by atoms with van der Waals surface area (Å²) in [7, 11) is 1.74. The van der Waals surface area contributed by atoms with Crippen molar-refractivity contribution in [1.82, 2.24) is 29.4 Å². The first-order valence-corrected chi connectivity index (χ1v) is 10.6. The van der Waals surface area contributed by atoms with E-state index >= 15 is 0 Å². The highest BCUT2D eigenvalue weighted by Gasteiger charge is 2.24. The average molecular weight is 441 g/mol. The van der Waals surface area contributed by atoms with Crippen LogP contribution in [0.15, 0.2) is 53.7 Å². The van der Waals surface area contributed by atoms with Gasteiger partial charge in [-0.05, 0) is 30.5 Å². The maximum absolute atomic E-state index is 13.2. The maximum Gasteiger partial charge on any atom is 0.277 e. The molecule has 9 nitrogen and oxygen atoms in total. The van der Waals surface area contributed by atoms with Crippen molar-refractivity contribution in [2.24, 2.45) is 7.05 Å². The van der Waals surface area contributed by atoms with Gasteiger partial charge >= 0.3 is 0 Å². The Bertz CT molecular complexity index is 1590. The van der Waals surface area contributed by atoms with Crippen molar-refractivity contribution in [3.8, 4) is 11.3 Å². The van der Waals surface area contributed by atoms with Gasteiger partial charge in [0, 0.05) is 35.8 Å². The highest BCUT2D eigenvalue weighted by molar-refractivity contribution is 6.04. The van der Waals surface area contributed by atoms with Crippen LogP contribution < -0.4 is 10.9 Å². The van der Waals surface area contributed by atoms with Crippen LogP contribution in [0.25, 0.3) is 27.7 Å². The van der Waals surface area contributed by atoms with Crippen molar-refractivity contribution in [2.75, 3.05) is 5.32 Å². The molecule has 5 rings (SSSR count). The van der Waals surface area contributed by atoms with Gasteiger partial charge in [-0.3, -0.25) is 19.3 Å². The lowest BCUT2D eigenvalue weighted by Crippen LogP contribution is -2.17. The van der Waals surface area contributed by atoms with Crippen LogP contribution >= 0.6 is 0 Å². The molecule has 0 aliphatic carbocycles. The molecule has 33 heavy (non-hydrogen) atoms. The first-order chi connectivity index (χ1) is 15.8. The van der Waals surface area contributed by atoms with E-state index in [1.54, 1.807) is 36.4 Å². The maximum atomic E-state index is 13.2. The summed E-state index contributed by atoms with van der Waals surface area (Å²) in [5.41, 5.74) is 4.16. The summed E-state index contributed by atoms with van der Waals surface area (Å²) in [5, 5.41) is 12.4. The van der Waals surface area contributed by atoms with Crippen LogP contribution in [-0.4, -0.2) is 35.3 Å². The van der Waals surface area contributed by atoms with E-state index in [1.165, 1.54) is 4.52 Å². The number of carbonyl (C=O) groups is 1. The number of hydrogen-bond donors (Lipinski definition) is 2. The summed E-state index contributed by atoms with van der Waals surface area (Å²) >= 11 is 0. The zero-order valence-corrected chi connectivity index (χ0v) is 18.7. The highest BCUT2D eigenvalue weighted by Crippen LogP contribution is 2.26. The number of pyridine rings is 1. The van der Waals surface area contributed by atoms with Gasteiger partial charge in [0.1, 0.15) is 11.3 Å². The largest absolute Gasteiger partial charge is 0.319 e. The Morgan fingerprint density at radius 3 is 2.76 bits per heavy atom. The molecule has 0 saturated carbocycles. The number of fused-ring (bicyclic) bond motifs is 2. The third kappa shape index (κ3) is 3.47. The van der Waals surface area contributed by atoms with Crippen LogP contribution in [0.1, 0.15) is 41.4 Å². The Labute approximate surface area is 189 Å². The molecule has 166 valence electrons. The molecule has 4 aromatic heterocycles. The smallest absolute Gasteiger partial charge is 0.277 e. The number of H-pyrrole nitrogens is 1. The number of hydrogen-bond acceptors (Lipinski definition) is 5. The highest BCUT2D eigenvalue weighted by atomic mass is 16.2. The number of nitrogens with one attached hydrogen (secondary N) is 2. The third-order valence-corrected chi connectivity index (χ3v) is 5.77. The van der Waals surface area contributed by atoms with E-state index in [0.29, 0.717) is 22.6 Å². The molecule has 0 saturated heterocycles. The molecular weight excluding hydrogens is 418 g/mol. The van der Waals surface area contributed by atoms with Gasteiger partial charge in [-0.1, -0.05) is 26.0 Å². The molecule has 0 radical (unpaired) electrons. The van der Waals surface area contributed by atoms with Crippen LogP contribution in [0.4, 0.5) is 5.82 Å². The quantitative estimate of drug-likeness (QED) is 0.442. The third-order valence-electron chi connectivity index (χ3n) is 5.77. The molecule has 0 bridgehead atoms. The number of benzene rings is 1. The molecule has 4 heterocycles. The number of carbonyl (C=O) groups excluding carboxylic acids is 1. The van der Waals surface area contributed by atoms with Crippen LogP contribution in [0.5, 0.6) is 0 Å². The minimum Gasteiger partial charge on any atom is -0.319 e. The second kappa shape index (κ2) is 7.70. The molecule has 1 aromatic carbocycles. The van der Waals surface area contributed by atoms with E-state index in [2.05, 4.69) is 25.5 Å². The number of aromatic nitrogens is 6. The molecule has 1 amide bonds. The lowest BCUT2D eigenvalue weighted by atomic mass is 10.0. The molecule has 2 N–H and O–H groups in total. The van der Waals surface area contributed by atoms with E-state index in [1.807, 2.05) is 45.0 Å². The standard InChI is InChI=1S/C24H23N7O2/c1-13(2)20-21(23(32)28-19-8-9-26-30(19)4)29-31-12-18(27-24(33)22(20)31)15-10-16-14(3)6-5-7-17(16)25-11-15/h5-13H,1-4H3,(H,27,33)(H,28,32). The van der Waals surface area contributed by atoms with Gasteiger partial charge in [0.2, 0.25) is 0 Å². The number of nitrogens with zero attached hydrogens (tertiary/aromatic N) is 5. The fourth-order valence-corrected chi connectivity index (χ4v) is 4.08. The minimum atomic E-state index is -0.394. The first-order valence-electron chi connectivity index (χ1n) is 10.6. The Morgan fingerprint density at radius 2 is 2.03 bits per heavy atom. The topological polar surface area (TPSA) is 110 Å². The zero-order chi connectivity index (χ0) is 23.3. The van der Waals surface area contributed by atoms with Crippen molar-refractivity contribution in [2.45, 2.75) is 26.7 Å². The SMILES string of the molecule is Cc1cccc2ncc(-c3cn4nc(C(=O)Nc5ccnn5C)c(C(C)C)c4c(=O)[nH]3)cc12. The molecule has 0 atom stereocenters. The molecule has 5 aromatic rings. The summed E-state index contributed by atoms with van der Waals surface area (Å²) < 4.78 is 3.05. The molecule has 0 aliphatic heterocycles. The van der Waals surface area contributed by atoms with Gasteiger partial charge in [-0.2, -0.15) is 10.2 Å². The molecule has 0 aliphatic rings. The average Bonchev–Trinajstić information content (AvgIpc) is 3.37. The molecule has 0 unspecified atom stereocenters. The van der Waals surface area contributed by atoms with Crippen LogP contribution in [0.3, 0.4) is 0 Å². The molecule has 0 spiro atoms. The van der Waals surface area contributed by atoms with Crippen LogP contribution in [0.2, 0.25) is 0 Å². The van der Waals surface area contributed by atoms with Crippen molar-refractivity contribution in [3.63, 3.8) is 0 Å². The monoisotopic (exact) mass is 441 g/mol. The van der Waals surface area contributed by atoms with Crippen molar-refractivity contribution in [3.05, 3.63) is 76.1 Å². The number of amides is 1. The predicted molar refractivity (Wildman–Crippen MR) is 127 cm³/mol. The number of anilines is 1. The van der Waals surface area contributed by atoms with Crippen molar-refractivity contribution in [1.29, 1.82) is 0 Å². The van der Waals surface area contributed by atoms with Crippen LogP contribution in [0, 0.1) is 6.92 Å². The van der Waals surface area contributed by atoms with E-state index in [-0.39, 0.29) is 17.2 Å². The number of aromatic amines is 1. The molecule has 9 heteroatoms. The fraction of sp³-hybridized carbons (Fsp3) is 0.208. The molecular formula is C24H23N7O2. The summed E-state index contributed by atoms with van der Waals surface area (Å²) in [4.78, 5) is 33.7. The fourth-order valence-electron chi connectivity index (χ4n) is 4.08. The zero-order valence-electron chi connectivity index (χ0n) is 18.7. The van der Waals surface area contributed by atoms with E-state index < -0.39 is 5.91 Å².